The first-order valence-electron chi connectivity index (χ1n) is 4.04. The lowest BCUT2D eigenvalue weighted by molar-refractivity contribution is -0.137. The molecule has 0 aliphatic carbocycles. The van der Waals surface area contributed by atoms with Gasteiger partial charge >= 0.3 is 5.97 Å². The lowest BCUT2D eigenvalue weighted by Crippen LogP contribution is -2.26. The van der Waals surface area contributed by atoms with Gasteiger partial charge in [-0.2, -0.15) is 0 Å². The van der Waals surface area contributed by atoms with Crippen molar-refractivity contribution >= 4 is 17.3 Å². The van der Waals surface area contributed by atoms with E-state index in [2.05, 4.69) is 5.32 Å². The van der Waals surface area contributed by atoms with Crippen molar-refractivity contribution < 1.29 is 9.90 Å². The van der Waals surface area contributed by atoms with Crippen LogP contribution in [0.1, 0.15) is 5.56 Å². The maximum absolute atomic E-state index is 10.7. The van der Waals surface area contributed by atoms with E-state index in [1.807, 2.05) is 6.07 Å². The van der Waals surface area contributed by atoms with Gasteiger partial charge in [0.1, 0.15) is 6.04 Å². The number of hydrogen-bond acceptors (Lipinski definition) is 3. The maximum atomic E-state index is 10.7. The quantitative estimate of drug-likeness (QED) is 0.553. The van der Waals surface area contributed by atoms with Crippen LogP contribution in [0.4, 0.5) is 11.4 Å². The average molecular weight is 178 g/mol. The molecular formula is C9H10N2O2. The van der Waals surface area contributed by atoms with Crippen molar-refractivity contribution in [2.75, 3.05) is 11.1 Å². The summed E-state index contributed by atoms with van der Waals surface area (Å²) in [5, 5.41) is 11.7. The van der Waals surface area contributed by atoms with Gasteiger partial charge in [-0.3, -0.25) is 0 Å². The Morgan fingerprint density at radius 1 is 1.62 bits per heavy atom. The Hall–Kier alpha value is -1.71. The van der Waals surface area contributed by atoms with Crippen LogP contribution in [0.15, 0.2) is 18.2 Å². The third kappa shape index (κ3) is 1.30. The first-order chi connectivity index (χ1) is 6.16. The SMILES string of the molecule is Nc1ccc2c(c1)N[C@@H](C(=O)O)C2. The summed E-state index contributed by atoms with van der Waals surface area (Å²) in [7, 11) is 0. The molecule has 1 aliphatic heterocycles. The fourth-order valence-corrected chi connectivity index (χ4v) is 1.51. The van der Waals surface area contributed by atoms with Crippen LogP contribution in [0.5, 0.6) is 0 Å². The highest BCUT2D eigenvalue weighted by molar-refractivity contribution is 5.81. The van der Waals surface area contributed by atoms with Crippen LogP contribution < -0.4 is 11.1 Å². The molecular weight excluding hydrogens is 168 g/mol. The van der Waals surface area contributed by atoms with Gasteiger partial charge in [-0.05, 0) is 17.7 Å². The number of benzene rings is 1. The van der Waals surface area contributed by atoms with Crippen LogP contribution in [0.3, 0.4) is 0 Å². The molecule has 0 radical (unpaired) electrons. The lowest BCUT2D eigenvalue weighted by Gasteiger charge is -2.03. The minimum absolute atomic E-state index is 0.503. The van der Waals surface area contributed by atoms with Crippen LogP contribution in [0.2, 0.25) is 0 Å². The second-order valence-electron chi connectivity index (χ2n) is 3.16. The van der Waals surface area contributed by atoms with Crippen LogP contribution >= 0.6 is 0 Å². The fraction of sp³-hybridized carbons (Fsp3) is 0.222. The molecule has 0 unspecified atom stereocenters. The number of anilines is 2. The van der Waals surface area contributed by atoms with Gasteiger partial charge in [0.15, 0.2) is 0 Å². The second kappa shape index (κ2) is 2.65. The summed E-state index contributed by atoms with van der Waals surface area (Å²) in [6.45, 7) is 0. The standard InChI is InChI=1S/C9H10N2O2/c10-6-2-1-5-3-8(9(12)13)11-7(5)4-6/h1-2,4,8,11H,3,10H2,(H,12,13)/t8-/m1/s1. The van der Waals surface area contributed by atoms with Crippen molar-refractivity contribution in [1.82, 2.24) is 0 Å². The zero-order chi connectivity index (χ0) is 9.42. The summed E-state index contributed by atoms with van der Waals surface area (Å²) in [4.78, 5) is 10.7. The number of hydrogen-bond donors (Lipinski definition) is 3. The smallest absolute Gasteiger partial charge is 0.326 e. The van der Waals surface area contributed by atoms with Crippen LogP contribution in [-0.4, -0.2) is 17.1 Å². The van der Waals surface area contributed by atoms with Crippen molar-refractivity contribution in [2.45, 2.75) is 12.5 Å². The van der Waals surface area contributed by atoms with E-state index in [0.29, 0.717) is 12.1 Å². The van der Waals surface area contributed by atoms with E-state index in [1.165, 1.54) is 0 Å². The predicted octanol–water partition coefficient (Wildman–Crippen LogP) is 0.690. The van der Waals surface area contributed by atoms with Crippen LogP contribution in [0.25, 0.3) is 0 Å². The van der Waals surface area contributed by atoms with E-state index in [9.17, 15) is 4.79 Å². The molecule has 4 heteroatoms. The van der Waals surface area contributed by atoms with Crippen molar-refractivity contribution in [1.29, 1.82) is 0 Å². The number of carboxylic acids is 1. The molecule has 68 valence electrons. The number of rotatable bonds is 1. The molecule has 2 rings (SSSR count). The Labute approximate surface area is 75.4 Å². The third-order valence-electron chi connectivity index (χ3n) is 2.19. The zero-order valence-electron chi connectivity index (χ0n) is 6.95. The van der Waals surface area contributed by atoms with Crippen LogP contribution in [0, 0.1) is 0 Å². The lowest BCUT2D eigenvalue weighted by atomic mass is 10.1. The molecule has 0 amide bonds. The normalized spacial score (nSPS) is 19.2. The molecule has 1 aromatic carbocycles. The van der Waals surface area contributed by atoms with E-state index in [1.54, 1.807) is 12.1 Å². The minimum atomic E-state index is -0.824. The number of carboxylic acid groups (broad SMARTS) is 1. The van der Waals surface area contributed by atoms with E-state index in [0.717, 1.165) is 11.3 Å². The summed E-state index contributed by atoms with van der Waals surface area (Å²) >= 11 is 0. The number of nitrogen functional groups attached to an aromatic ring is 1. The van der Waals surface area contributed by atoms with E-state index >= 15 is 0 Å². The largest absolute Gasteiger partial charge is 0.480 e. The summed E-state index contributed by atoms with van der Waals surface area (Å²) in [6.07, 6.45) is 0.533. The van der Waals surface area contributed by atoms with Gasteiger partial charge in [-0.15, -0.1) is 0 Å². The highest BCUT2D eigenvalue weighted by Crippen LogP contribution is 2.27. The number of fused-ring (bicyclic) bond motifs is 1. The van der Waals surface area contributed by atoms with E-state index < -0.39 is 12.0 Å². The van der Waals surface area contributed by atoms with Gasteiger partial charge in [-0.1, -0.05) is 6.07 Å². The first kappa shape index (κ1) is 7.91. The molecule has 4 nitrogen and oxygen atoms in total. The minimum Gasteiger partial charge on any atom is -0.480 e. The predicted molar refractivity (Wildman–Crippen MR) is 49.6 cm³/mol. The Bertz CT molecular complexity index is 363. The fourth-order valence-electron chi connectivity index (χ4n) is 1.51. The number of nitrogens with one attached hydrogen (secondary N) is 1. The molecule has 0 saturated carbocycles. The molecule has 0 saturated heterocycles. The number of nitrogens with two attached hydrogens (primary N) is 1. The second-order valence-corrected chi connectivity index (χ2v) is 3.16. The van der Waals surface area contributed by atoms with Crippen molar-refractivity contribution in [3.05, 3.63) is 23.8 Å². The highest BCUT2D eigenvalue weighted by Gasteiger charge is 2.25. The topological polar surface area (TPSA) is 75.3 Å². The molecule has 0 bridgehead atoms. The molecule has 0 spiro atoms. The molecule has 13 heavy (non-hydrogen) atoms. The van der Waals surface area contributed by atoms with Gasteiger partial charge < -0.3 is 16.2 Å². The molecule has 1 atom stereocenters. The van der Waals surface area contributed by atoms with Crippen molar-refractivity contribution in [2.24, 2.45) is 0 Å². The van der Waals surface area contributed by atoms with Crippen molar-refractivity contribution in [3.63, 3.8) is 0 Å². The Kier molecular flexibility index (Phi) is 1.62. The van der Waals surface area contributed by atoms with Gasteiger partial charge in [0, 0.05) is 17.8 Å². The summed E-state index contributed by atoms with van der Waals surface area (Å²) < 4.78 is 0. The molecule has 1 heterocycles. The molecule has 1 aromatic rings. The monoisotopic (exact) mass is 178 g/mol. The van der Waals surface area contributed by atoms with Crippen molar-refractivity contribution in [3.8, 4) is 0 Å². The third-order valence-corrected chi connectivity index (χ3v) is 2.19. The Morgan fingerprint density at radius 2 is 2.38 bits per heavy atom. The number of carbonyl (C=O) groups is 1. The van der Waals surface area contributed by atoms with E-state index in [4.69, 9.17) is 10.8 Å². The van der Waals surface area contributed by atoms with Gasteiger partial charge in [0.05, 0.1) is 0 Å². The molecule has 1 aliphatic rings. The van der Waals surface area contributed by atoms with Gasteiger partial charge in [-0.25, -0.2) is 4.79 Å². The highest BCUT2D eigenvalue weighted by atomic mass is 16.4. The zero-order valence-corrected chi connectivity index (χ0v) is 6.95. The average Bonchev–Trinajstić information content (AvgIpc) is 2.46. The van der Waals surface area contributed by atoms with Gasteiger partial charge in [0.2, 0.25) is 0 Å². The molecule has 0 aromatic heterocycles. The van der Waals surface area contributed by atoms with Crippen LogP contribution in [-0.2, 0) is 11.2 Å². The summed E-state index contributed by atoms with van der Waals surface area (Å²) in [5.41, 5.74) is 8.07. The Morgan fingerprint density at radius 3 is 3.08 bits per heavy atom. The maximum Gasteiger partial charge on any atom is 0.326 e. The molecule has 0 fully saturated rings. The summed E-state index contributed by atoms with van der Waals surface area (Å²) in [5.74, 6) is -0.824. The Balaban J connectivity index is 2.30. The van der Waals surface area contributed by atoms with E-state index in [-0.39, 0.29) is 0 Å². The van der Waals surface area contributed by atoms with Gasteiger partial charge in [0.25, 0.3) is 0 Å². The first-order valence-corrected chi connectivity index (χ1v) is 4.04. The molecule has 4 N–H and O–H groups in total. The number of aliphatic carboxylic acids is 1. The summed E-state index contributed by atoms with van der Waals surface area (Å²) in [6, 6.07) is 4.90.